The summed E-state index contributed by atoms with van der Waals surface area (Å²) in [5, 5.41) is 9.84. The number of halogens is 1. The van der Waals surface area contributed by atoms with E-state index >= 15 is 0 Å². The van der Waals surface area contributed by atoms with E-state index in [0.717, 1.165) is 10.0 Å². The standard InChI is InChI=1S/C14H16BrNO2/c1-2-14(18)9-16(10-14)13(17)8-7-11-5-3-4-6-12(11)15/h3-8,18H,2,9-10H2,1H3. The normalized spacial score (nSPS) is 17.8. The molecule has 0 saturated carbocycles. The Bertz CT molecular complexity index is 478. The monoisotopic (exact) mass is 309 g/mol. The maximum Gasteiger partial charge on any atom is 0.246 e. The third kappa shape index (κ3) is 2.82. The van der Waals surface area contributed by atoms with Crippen molar-refractivity contribution in [2.24, 2.45) is 0 Å². The van der Waals surface area contributed by atoms with Crippen molar-refractivity contribution >= 4 is 27.9 Å². The molecule has 96 valence electrons. The molecule has 1 aliphatic heterocycles. The van der Waals surface area contributed by atoms with Crippen molar-refractivity contribution in [1.82, 2.24) is 4.90 Å². The molecule has 1 aromatic rings. The average Bonchev–Trinajstić information content (AvgIpc) is 2.33. The molecule has 0 atom stereocenters. The largest absolute Gasteiger partial charge is 0.386 e. The molecule has 1 N–H and O–H groups in total. The Hall–Kier alpha value is -1.13. The molecule has 1 amide bonds. The van der Waals surface area contributed by atoms with Crippen molar-refractivity contribution < 1.29 is 9.90 Å². The molecule has 1 heterocycles. The molecule has 4 heteroatoms. The summed E-state index contributed by atoms with van der Waals surface area (Å²) >= 11 is 3.43. The van der Waals surface area contributed by atoms with Gasteiger partial charge in [-0.1, -0.05) is 41.1 Å². The van der Waals surface area contributed by atoms with Crippen LogP contribution in [0.3, 0.4) is 0 Å². The van der Waals surface area contributed by atoms with E-state index in [0.29, 0.717) is 19.5 Å². The second-order valence-corrected chi connectivity index (χ2v) is 5.48. The third-order valence-corrected chi connectivity index (χ3v) is 3.97. The summed E-state index contributed by atoms with van der Waals surface area (Å²) in [4.78, 5) is 13.5. The zero-order valence-electron chi connectivity index (χ0n) is 10.3. The quantitative estimate of drug-likeness (QED) is 0.871. The van der Waals surface area contributed by atoms with Crippen LogP contribution in [-0.4, -0.2) is 34.6 Å². The van der Waals surface area contributed by atoms with Crippen LogP contribution in [0.15, 0.2) is 34.8 Å². The number of benzene rings is 1. The summed E-state index contributed by atoms with van der Waals surface area (Å²) in [7, 11) is 0. The van der Waals surface area contributed by atoms with Crippen LogP contribution >= 0.6 is 15.9 Å². The number of hydrogen-bond acceptors (Lipinski definition) is 2. The van der Waals surface area contributed by atoms with Crippen LogP contribution in [0.4, 0.5) is 0 Å². The second kappa shape index (κ2) is 5.24. The van der Waals surface area contributed by atoms with Crippen molar-refractivity contribution in [2.75, 3.05) is 13.1 Å². The molecule has 0 radical (unpaired) electrons. The fourth-order valence-corrected chi connectivity index (χ4v) is 2.34. The molecule has 1 aliphatic rings. The molecule has 18 heavy (non-hydrogen) atoms. The summed E-state index contributed by atoms with van der Waals surface area (Å²) in [6.07, 6.45) is 4.02. The summed E-state index contributed by atoms with van der Waals surface area (Å²) in [6, 6.07) is 7.73. The van der Waals surface area contributed by atoms with Crippen LogP contribution in [0.1, 0.15) is 18.9 Å². The summed E-state index contributed by atoms with van der Waals surface area (Å²) in [5.41, 5.74) is 0.300. The van der Waals surface area contributed by atoms with Crippen LogP contribution < -0.4 is 0 Å². The summed E-state index contributed by atoms with van der Waals surface area (Å²) in [6.45, 7) is 2.80. The smallest absolute Gasteiger partial charge is 0.246 e. The lowest BCUT2D eigenvalue weighted by Crippen LogP contribution is -2.62. The number of carbonyl (C=O) groups excluding carboxylic acids is 1. The van der Waals surface area contributed by atoms with Gasteiger partial charge in [-0.25, -0.2) is 0 Å². The van der Waals surface area contributed by atoms with Crippen molar-refractivity contribution in [3.8, 4) is 0 Å². The average molecular weight is 310 g/mol. The van der Waals surface area contributed by atoms with Gasteiger partial charge in [-0.3, -0.25) is 4.79 Å². The Morgan fingerprint density at radius 3 is 2.78 bits per heavy atom. The summed E-state index contributed by atoms with van der Waals surface area (Å²) < 4.78 is 0.961. The number of carbonyl (C=O) groups is 1. The van der Waals surface area contributed by atoms with Crippen LogP contribution in [0.5, 0.6) is 0 Å². The van der Waals surface area contributed by atoms with Crippen LogP contribution in [0, 0.1) is 0 Å². The molecule has 0 bridgehead atoms. The molecule has 0 aromatic heterocycles. The van der Waals surface area contributed by atoms with Crippen molar-refractivity contribution in [3.63, 3.8) is 0 Å². The maximum absolute atomic E-state index is 11.8. The number of nitrogens with zero attached hydrogens (tertiary/aromatic N) is 1. The van der Waals surface area contributed by atoms with Gasteiger partial charge in [0.25, 0.3) is 0 Å². The predicted molar refractivity (Wildman–Crippen MR) is 75.0 cm³/mol. The first-order valence-corrected chi connectivity index (χ1v) is 6.77. The lowest BCUT2D eigenvalue weighted by Gasteiger charge is -2.45. The van der Waals surface area contributed by atoms with E-state index in [1.807, 2.05) is 31.2 Å². The lowest BCUT2D eigenvalue weighted by molar-refractivity contribution is -0.150. The highest BCUT2D eigenvalue weighted by molar-refractivity contribution is 9.10. The molecule has 1 fully saturated rings. The van der Waals surface area contributed by atoms with Gasteiger partial charge in [-0.15, -0.1) is 0 Å². The van der Waals surface area contributed by atoms with Gasteiger partial charge in [-0.05, 0) is 24.1 Å². The molecular weight excluding hydrogens is 294 g/mol. The van der Waals surface area contributed by atoms with Gasteiger partial charge in [0.2, 0.25) is 5.91 Å². The minimum absolute atomic E-state index is 0.0520. The highest BCUT2D eigenvalue weighted by Gasteiger charge is 2.41. The first-order chi connectivity index (χ1) is 8.54. The van der Waals surface area contributed by atoms with E-state index in [1.165, 1.54) is 0 Å². The molecule has 0 spiro atoms. The molecule has 0 aliphatic carbocycles. The van der Waals surface area contributed by atoms with Crippen molar-refractivity contribution in [3.05, 3.63) is 40.4 Å². The Kier molecular flexibility index (Phi) is 3.88. The highest BCUT2D eigenvalue weighted by atomic mass is 79.9. The Labute approximate surface area is 115 Å². The zero-order chi connectivity index (χ0) is 13.2. The Balaban J connectivity index is 1.95. The lowest BCUT2D eigenvalue weighted by atomic mass is 9.91. The number of likely N-dealkylation sites (tertiary alicyclic amines) is 1. The number of β-amino-alcohol motifs (C(OH)–C–C–N with tert-alkyl or cyclic N) is 1. The SMILES string of the molecule is CCC1(O)CN(C(=O)C=Cc2ccccc2Br)C1. The van der Waals surface area contributed by atoms with Gasteiger partial charge in [0, 0.05) is 10.5 Å². The highest BCUT2D eigenvalue weighted by Crippen LogP contribution is 2.24. The fourth-order valence-electron chi connectivity index (χ4n) is 1.92. The Morgan fingerprint density at radius 1 is 1.50 bits per heavy atom. The first kappa shape index (κ1) is 13.3. The van der Waals surface area contributed by atoms with E-state index < -0.39 is 5.60 Å². The number of rotatable bonds is 3. The molecule has 0 unspecified atom stereocenters. The minimum Gasteiger partial charge on any atom is -0.386 e. The van der Waals surface area contributed by atoms with Crippen LogP contribution in [0.25, 0.3) is 6.08 Å². The van der Waals surface area contributed by atoms with E-state index in [2.05, 4.69) is 15.9 Å². The van der Waals surface area contributed by atoms with Gasteiger partial charge < -0.3 is 10.0 Å². The van der Waals surface area contributed by atoms with Crippen LogP contribution in [-0.2, 0) is 4.79 Å². The molecule has 2 rings (SSSR count). The third-order valence-electron chi connectivity index (χ3n) is 3.25. The van der Waals surface area contributed by atoms with E-state index in [4.69, 9.17) is 0 Å². The topological polar surface area (TPSA) is 40.5 Å². The van der Waals surface area contributed by atoms with E-state index in [9.17, 15) is 9.90 Å². The van der Waals surface area contributed by atoms with Crippen molar-refractivity contribution in [2.45, 2.75) is 18.9 Å². The molecule has 3 nitrogen and oxygen atoms in total. The predicted octanol–water partition coefficient (Wildman–Crippen LogP) is 2.45. The molecule has 1 saturated heterocycles. The van der Waals surface area contributed by atoms with E-state index in [-0.39, 0.29) is 5.91 Å². The zero-order valence-corrected chi connectivity index (χ0v) is 11.9. The van der Waals surface area contributed by atoms with Crippen LogP contribution in [0.2, 0.25) is 0 Å². The van der Waals surface area contributed by atoms with Gasteiger partial charge in [0.15, 0.2) is 0 Å². The minimum atomic E-state index is -0.670. The summed E-state index contributed by atoms with van der Waals surface area (Å²) in [5.74, 6) is -0.0520. The van der Waals surface area contributed by atoms with Crippen molar-refractivity contribution in [1.29, 1.82) is 0 Å². The van der Waals surface area contributed by atoms with Gasteiger partial charge in [0.1, 0.15) is 0 Å². The van der Waals surface area contributed by atoms with Gasteiger partial charge >= 0.3 is 0 Å². The second-order valence-electron chi connectivity index (χ2n) is 4.63. The fraction of sp³-hybridized carbons (Fsp3) is 0.357. The van der Waals surface area contributed by atoms with Gasteiger partial charge in [-0.2, -0.15) is 0 Å². The number of amides is 1. The van der Waals surface area contributed by atoms with Gasteiger partial charge in [0.05, 0.1) is 18.7 Å². The maximum atomic E-state index is 11.8. The first-order valence-electron chi connectivity index (χ1n) is 5.98. The molecule has 1 aromatic carbocycles. The number of aliphatic hydroxyl groups is 1. The number of hydrogen-bond donors (Lipinski definition) is 1. The van der Waals surface area contributed by atoms with E-state index in [1.54, 1.807) is 17.1 Å². The Morgan fingerprint density at radius 2 is 2.17 bits per heavy atom. The molecular formula is C14H16BrNO2.